The lowest BCUT2D eigenvalue weighted by Gasteiger charge is -2.36. The minimum Gasteiger partial charge on any atom is -0.494 e. The lowest BCUT2D eigenvalue weighted by atomic mass is 9.88. The van der Waals surface area contributed by atoms with Crippen LogP contribution in [0.25, 0.3) is 10.9 Å². The van der Waals surface area contributed by atoms with Crippen molar-refractivity contribution in [3.8, 4) is 5.75 Å². The van der Waals surface area contributed by atoms with E-state index in [1.807, 2.05) is 50.2 Å². The van der Waals surface area contributed by atoms with Crippen LogP contribution in [0.1, 0.15) is 35.3 Å². The van der Waals surface area contributed by atoms with Gasteiger partial charge in [0, 0.05) is 23.0 Å². The number of hydrogen-bond donors (Lipinski definition) is 1. The summed E-state index contributed by atoms with van der Waals surface area (Å²) in [6.07, 6.45) is 0.486. The fourth-order valence-electron chi connectivity index (χ4n) is 5.36. The Hall–Kier alpha value is -4.06. The molecule has 6 nitrogen and oxygen atoms in total. The third-order valence-electron chi connectivity index (χ3n) is 6.81. The Balaban J connectivity index is 1.49. The van der Waals surface area contributed by atoms with Gasteiger partial charge < -0.3 is 9.72 Å². The van der Waals surface area contributed by atoms with Gasteiger partial charge in [-0.15, -0.1) is 0 Å². The Morgan fingerprint density at radius 2 is 1.79 bits per heavy atom. The summed E-state index contributed by atoms with van der Waals surface area (Å²) >= 11 is 0. The molecule has 2 aliphatic rings. The number of H-pyrrole nitrogens is 1. The first-order valence-electron chi connectivity index (χ1n) is 11.6. The number of rotatable bonds is 4. The summed E-state index contributed by atoms with van der Waals surface area (Å²) in [5, 5.41) is 1.11. The topological polar surface area (TPSA) is 65.6 Å². The number of ether oxygens (including phenoxy) is 1. The van der Waals surface area contributed by atoms with Crippen molar-refractivity contribution in [3.63, 3.8) is 0 Å². The van der Waals surface area contributed by atoms with Crippen LogP contribution in [0.5, 0.6) is 5.75 Å². The predicted molar refractivity (Wildman–Crippen MR) is 131 cm³/mol. The molecule has 6 rings (SSSR count). The van der Waals surface area contributed by atoms with Crippen molar-refractivity contribution in [3.05, 3.63) is 95.2 Å². The molecule has 0 aliphatic carbocycles. The molecule has 2 aliphatic heterocycles. The van der Waals surface area contributed by atoms with Crippen molar-refractivity contribution in [2.75, 3.05) is 11.5 Å². The lowest BCUT2D eigenvalue weighted by molar-refractivity contribution is -0.120. The Morgan fingerprint density at radius 3 is 2.56 bits per heavy atom. The highest BCUT2D eigenvalue weighted by Crippen LogP contribution is 2.45. The van der Waals surface area contributed by atoms with Gasteiger partial charge in [0.25, 0.3) is 5.91 Å². The number of carbonyl (C=O) groups is 2. The minimum absolute atomic E-state index is 0.192. The van der Waals surface area contributed by atoms with Crippen molar-refractivity contribution in [1.82, 2.24) is 9.88 Å². The summed E-state index contributed by atoms with van der Waals surface area (Å²) < 4.78 is 5.53. The third kappa shape index (κ3) is 3.02. The van der Waals surface area contributed by atoms with Gasteiger partial charge >= 0.3 is 6.03 Å². The molecule has 2 atom stereocenters. The summed E-state index contributed by atoms with van der Waals surface area (Å²) in [5.74, 6) is 0.518. The van der Waals surface area contributed by atoms with Crippen LogP contribution in [0.4, 0.5) is 10.5 Å². The van der Waals surface area contributed by atoms with E-state index >= 15 is 0 Å². The highest BCUT2D eigenvalue weighted by molar-refractivity contribution is 6.22. The van der Waals surface area contributed by atoms with Crippen molar-refractivity contribution in [2.45, 2.75) is 32.4 Å². The number of carbonyl (C=O) groups excluding carboxylic acids is 2. The van der Waals surface area contributed by atoms with Crippen LogP contribution in [0.3, 0.4) is 0 Å². The Labute approximate surface area is 197 Å². The van der Waals surface area contributed by atoms with Gasteiger partial charge in [0.15, 0.2) is 0 Å². The largest absolute Gasteiger partial charge is 0.494 e. The average molecular weight is 452 g/mol. The van der Waals surface area contributed by atoms with Gasteiger partial charge in [0.05, 0.1) is 12.3 Å². The van der Waals surface area contributed by atoms with E-state index in [9.17, 15) is 9.59 Å². The Kier molecular flexibility index (Phi) is 4.69. The molecule has 3 aromatic carbocycles. The Morgan fingerprint density at radius 1 is 1.00 bits per heavy atom. The van der Waals surface area contributed by atoms with Gasteiger partial charge in [0.1, 0.15) is 17.8 Å². The molecule has 170 valence electrons. The van der Waals surface area contributed by atoms with Crippen molar-refractivity contribution in [1.29, 1.82) is 0 Å². The highest BCUT2D eigenvalue weighted by atomic mass is 16.5. The van der Waals surface area contributed by atoms with E-state index in [1.165, 1.54) is 4.90 Å². The quantitative estimate of drug-likeness (QED) is 0.425. The average Bonchev–Trinajstić information content (AvgIpc) is 3.33. The molecule has 1 unspecified atom stereocenters. The zero-order chi connectivity index (χ0) is 23.4. The summed E-state index contributed by atoms with van der Waals surface area (Å²) in [6, 6.07) is 22.2. The molecule has 6 heteroatoms. The number of urea groups is 1. The molecular weight excluding hydrogens is 426 g/mol. The lowest BCUT2D eigenvalue weighted by Crippen LogP contribution is -2.44. The van der Waals surface area contributed by atoms with E-state index in [4.69, 9.17) is 4.74 Å². The minimum atomic E-state index is -0.559. The second-order valence-electron chi connectivity index (χ2n) is 8.89. The van der Waals surface area contributed by atoms with E-state index in [1.54, 1.807) is 29.2 Å². The van der Waals surface area contributed by atoms with Crippen LogP contribution >= 0.6 is 0 Å². The maximum absolute atomic E-state index is 13.8. The number of nitrogens with zero attached hydrogens (tertiary/aromatic N) is 2. The summed E-state index contributed by atoms with van der Waals surface area (Å²) in [7, 11) is 0. The number of aromatic nitrogens is 1. The highest BCUT2D eigenvalue weighted by Gasteiger charge is 2.53. The van der Waals surface area contributed by atoms with E-state index in [2.05, 4.69) is 17.1 Å². The molecule has 0 saturated carbocycles. The van der Waals surface area contributed by atoms with Crippen molar-refractivity contribution >= 4 is 28.5 Å². The summed E-state index contributed by atoms with van der Waals surface area (Å²) in [4.78, 5) is 34.2. The SMILES string of the molecule is CCOc1ccc(N2C(=O)[C@H]3Cc4c([nH]c5ccccc45)C(c4cccc(C)c4)N3C2=O)cc1. The van der Waals surface area contributed by atoms with Gasteiger partial charge in [-0.25, -0.2) is 9.69 Å². The molecule has 1 fully saturated rings. The number of imide groups is 1. The first-order valence-corrected chi connectivity index (χ1v) is 11.6. The number of para-hydroxylation sites is 1. The summed E-state index contributed by atoms with van der Waals surface area (Å²) in [6.45, 7) is 4.52. The number of benzene rings is 3. The number of aryl methyl sites for hydroxylation is 1. The Bertz CT molecular complexity index is 1420. The molecule has 1 aromatic heterocycles. The standard InChI is InChI=1S/C28H25N3O3/c1-3-34-20-13-11-19(12-14-20)30-27(32)24-16-22-21-9-4-5-10-23(21)29-25(22)26(31(24)28(30)33)18-8-6-7-17(2)15-18/h4-15,24,26,29H,3,16H2,1-2H3/t24-,26?/m1/s1. The van der Waals surface area contributed by atoms with Crippen LogP contribution in [0.15, 0.2) is 72.8 Å². The second kappa shape index (κ2) is 7.76. The number of amides is 3. The molecule has 34 heavy (non-hydrogen) atoms. The van der Waals surface area contributed by atoms with Crippen molar-refractivity contribution < 1.29 is 14.3 Å². The smallest absolute Gasteiger partial charge is 0.332 e. The van der Waals surface area contributed by atoms with E-state index in [0.29, 0.717) is 24.5 Å². The number of nitrogens with one attached hydrogen (secondary N) is 1. The van der Waals surface area contributed by atoms with E-state index in [-0.39, 0.29) is 18.0 Å². The summed E-state index contributed by atoms with van der Waals surface area (Å²) in [5.41, 5.74) is 5.78. The van der Waals surface area contributed by atoms with Crippen LogP contribution in [-0.2, 0) is 11.2 Å². The number of anilines is 1. The molecule has 4 aromatic rings. The maximum Gasteiger partial charge on any atom is 0.332 e. The number of hydrogen-bond acceptors (Lipinski definition) is 3. The molecule has 3 amide bonds. The molecule has 1 N–H and O–H groups in total. The molecule has 0 bridgehead atoms. The predicted octanol–water partition coefficient (Wildman–Crippen LogP) is 5.36. The third-order valence-corrected chi connectivity index (χ3v) is 6.81. The van der Waals surface area contributed by atoms with Gasteiger partial charge in [-0.3, -0.25) is 9.69 Å². The van der Waals surface area contributed by atoms with Gasteiger partial charge in [-0.1, -0.05) is 48.0 Å². The van der Waals surface area contributed by atoms with Crippen molar-refractivity contribution in [2.24, 2.45) is 0 Å². The van der Waals surface area contributed by atoms with Gasteiger partial charge in [-0.05, 0) is 55.3 Å². The zero-order valence-corrected chi connectivity index (χ0v) is 19.1. The molecule has 0 radical (unpaired) electrons. The van der Waals surface area contributed by atoms with Crippen LogP contribution < -0.4 is 9.64 Å². The second-order valence-corrected chi connectivity index (χ2v) is 8.89. The van der Waals surface area contributed by atoms with Crippen LogP contribution in [0, 0.1) is 6.92 Å². The number of fused-ring (bicyclic) bond motifs is 4. The molecule has 3 heterocycles. The molecule has 1 saturated heterocycles. The normalized spacial score (nSPS) is 19.5. The van der Waals surface area contributed by atoms with Crippen LogP contribution in [0.2, 0.25) is 0 Å². The fraction of sp³-hybridized carbons (Fsp3) is 0.214. The van der Waals surface area contributed by atoms with E-state index < -0.39 is 6.04 Å². The van der Waals surface area contributed by atoms with Crippen LogP contribution in [-0.4, -0.2) is 34.5 Å². The van der Waals surface area contributed by atoms with E-state index in [0.717, 1.165) is 33.3 Å². The number of aromatic amines is 1. The first-order chi connectivity index (χ1) is 16.6. The first kappa shape index (κ1) is 20.5. The van der Waals surface area contributed by atoms with Gasteiger partial charge in [0.2, 0.25) is 0 Å². The maximum atomic E-state index is 13.8. The monoisotopic (exact) mass is 451 g/mol. The molecular formula is C28H25N3O3. The fourth-order valence-corrected chi connectivity index (χ4v) is 5.36. The molecule has 0 spiro atoms. The van der Waals surface area contributed by atoms with Gasteiger partial charge in [-0.2, -0.15) is 0 Å². The zero-order valence-electron chi connectivity index (χ0n) is 19.1.